The lowest BCUT2D eigenvalue weighted by atomic mass is 9.96. The molecular formula is C17H18N2O3. The largest absolute Gasteiger partial charge is 0.326 e. The molecule has 5 nitrogen and oxygen atoms in total. The Labute approximate surface area is 127 Å². The summed E-state index contributed by atoms with van der Waals surface area (Å²) in [5.41, 5.74) is 0.518. The van der Waals surface area contributed by atoms with Crippen LogP contribution < -0.4 is 11.2 Å². The lowest BCUT2D eigenvalue weighted by Gasteiger charge is -2.10. The van der Waals surface area contributed by atoms with E-state index in [1.54, 1.807) is 38.1 Å². The molecule has 0 radical (unpaired) electrons. The maximum absolute atomic E-state index is 12.7. The molecule has 0 unspecified atom stereocenters. The van der Waals surface area contributed by atoms with Gasteiger partial charge in [-0.15, -0.1) is 6.58 Å². The third kappa shape index (κ3) is 3.14. The molecule has 114 valence electrons. The molecule has 1 aromatic heterocycles. The molecular weight excluding hydrogens is 280 g/mol. The van der Waals surface area contributed by atoms with Crippen molar-refractivity contribution < 1.29 is 4.79 Å². The van der Waals surface area contributed by atoms with Crippen LogP contribution in [0.15, 0.2) is 46.5 Å². The maximum Gasteiger partial charge on any atom is 0.326 e. The Bertz CT molecular complexity index is 828. The van der Waals surface area contributed by atoms with E-state index in [0.29, 0.717) is 17.5 Å². The highest BCUT2D eigenvalue weighted by Crippen LogP contribution is 2.17. The molecule has 2 rings (SSSR count). The van der Waals surface area contributed by atoms with E-state index in [4.69, 9.17) is 0 Å². The Morgan fingerprint density at radius 3 is 2.64 bits per heavy atom. The summed E-state index contributed by atoms with van der Waals surface area (Å²) >= 11 is 0. The topological polar surface area (TPSA) is 82.8 Å². The van der Waals surface area contributed by atoms with Crippen molar-refractivity contribution in [2.75, 3.05) is 0 Å². The van der Waals surface area contributed by atoms with Crippen molar-refractivity contribution in [3.63, 3.8) is 0 Å². The van der Waals surface area contributed by atoms with Crippen LogP contribution >= 0.6 is 0 Å². The van der Waals surface area contributed by atoms with Gasteiger partial charge in [-0.2, -0.15) is 0 Å². The molecule has 1 heterocycles. The van der Waals surface area contributed by atoms with Gasteiger partial charge in [0.05, 0.1) is 5.69 Å². The van der Waals surface area contributed by atoms with Crippen molar-refractivity contribution in [1.29, 1.82) is 0 Å². The van der Waals surface area contributed by atoms with Crippen molar-refractivity contribution >= 4 is 5.78 Å². The molecule has 2 N–H and O–H groups in total. The van der Waals surface area contributed by atoms with E-state index >= 15 is 0 Å². The Balaban J connectivity index is 2.59. The summed E-state index contributed by atoms with van der Waals surface area (Å²) < 4.78 is 0. The van der Waals surface area contributed by atoms with E-state index in [0.717, 1.165) is 5.56 Å². The van der Waals surface area contributed by atoms with Crippen molar-refractivity contribution in [3.05, 3.63) is 80.1 Å². The summed E-state index contributed by atoms with van der Waals surface area (Å²) in [5, 5.41) is 0. The van der Waals surface area contributed by atoms with Crippen molar-refractivity contribution in [3.8, 4) is 0 Å². The molecule has 0 spiro atoms. The van der Waals surface area contributed by atoms with E-state index in [1.807, 2.05) is 6.07 Å². The average Bonchev–Trinajstić information content (AvgIpc) is 2.45. The number of allylic oxidation sites excluding steroid dienone is 1. The number of rotatable bonds is 5. The summed E-state index contributed by atoms with van der Waals surface area (Å²) in [6.45, 7) is 7.27. The van der Waals surface area contributed by atoms with Crippen LogP contribution in [0.25, 0.3) is 0 Å². The van der Waals surface area contributed by atoms with Gasteiger partial charge in [0, 0.05) is 11.1 Å². The Morgan fingerprint density at radius 1 is 1.27 bits per heavy atom. The number of carbonyl (C=O) groups excluding carboxylic acids is 1. The standard InChI is InChI=1S/C17H18N2O3/c1-4-6-11-7-5-8-12(9-11)15(20)14-13(10(2)3)16(21)19-17(22)18-14/h4-5,7-10H,1,6H2,2-3H3,(H2,18,19,21,22). The zero-order valence-electron chi connectivity index (χ0n) is 12.6. The molecule has 0 amide bonds. The molecule has 0 aliphatic rings. The van der Waals surface area contributed by atoms with Gasteiger partial charge in [-0.05, 0) is 24.0 Å². The van der Waals surface area contributed by atoms with Crippen molar-refractivity contribution in [2.24, 2.45) is 0 Å². The lowest BCUT2D eigenvalue weighted by Crippen LogP contribution is -2.30. The number of ketones is 1. The monoisotopic (exact) mass is 298 g/mol. The van der Waals surface area contributed by atoms with Gasteiger partial charge in [-0.1, -0.05) is 38.1 Å². The van der Waals surface area contributed by atoms with Crippen LogP contribution in [-0.2, 0) is 6.42 Å². The molecule has 5 heteroatoms. The first-order chi connectivity index (χ1) is 10.4. The fourth-order valence-corrected chi connectivity index (χ4v) is 2.38. The van der Waals surface area contributed by atoms with E-state index < -0.39 is 11.2 Å². The van der Waals surface area contributed by atoms with Gasteiger partial charge in [0.15, 0.2) is 0 Å². The highest BCUT2D eigenvalue weighted by Gasteiger charge is 2.20. The number of nitrogens with one attached hydrogen (secondary N) is 2. The third-order valence-electron chi connectivity index (χ3n) is 3.35. The first-order valence-electron chi connectivity index (χ1n) is 7.05. The molecule has 0 fully saturated rings. The number of aromatic amines is 2. The van der Waals surface area contributed by atoms with Crippen LogP contribution in [0.1, 0.15) is 46.9 Å². The Hall–Kier alpha value is -2.69. The van der Waals surface area contributed by atoms with Gasteiger partial charge in [-0.3, -0.25) is 14.6 Å². The van der Waals surface area contributed by atoms with E-state index in [2.05, 4.69) is 16.5 Å². The van der Waals surface area contributed by atoms with Gasteiger partial charge < -0.3 is 4.98 Å². The molecule has 0 saturated heterocycles. The minimum atomic E-state index is -0.681. The van der Waals surface area contributed by atoms with Crippen molar-refractivity contribution in [1.82, 2.24) is 9.97 Å². The molecule has 0 atom stereocenters. The molecule has 1 aromatic carbocycles. The van der Waals surface area contributed by atoms with Crippen LogP contribution in [0.3, 0.4) is 0 Å². The lowest BCUT2D eigenvalue weighted by molar-refractivity contribution is 0.103. The second-order valence-electron chi connectivity index (χ2n) is 5.37. The van der Waals surface area contributed by atoms with Crippen LogP contribution in [0.2, 0.25) is 0 Å². The quantitative estimate of drug-likeness (QED) is 0.655. The second kappa shape index (κ2) is 6.39. The minimum Gasteiger partial charge on any atom is -0.304 e. The number of carbonyl (C=O) groups is 1. The fourth-order valence-electron chi connectivity index (χ4n) is 2.38. The first kappa shape index (κ1) is 15.7. The zero-order valence-corrected chi connectivity index (χ0v) is 12.6. The van der Waals surface area contributed by atoms with E-state index in [-0.39, 0.29) is 17.4 Å². The predicted molar refractivity (Wildman–Crippen MR) is 85.5 cm³/mol. The highest BCUT2D eigenvalue weighted by atomic mass is 16.2. The molecule has 0 bridgehead atoms. The summed E-state index contributed by atoms with van der Waals surface area (Å²) in [4.78, 5) is 40.8. The van der Waals surface area contributed by atoms with Gasteiger partial charge in [0.2, 0.25) is 5.78 Å². The van der Waals surface area contributed by atoms with Gasteiger partial charge >= 0.3 is 5.69 Å². The van der Waals surface area contributed by atoms with Crippen LogP contribution in [-0.4, -0.2) is 15.8 Å². The maximum atomic E-state index is 12.7. The van der Waals surface area contributed by atoms with Crippen molar-refractivity contribution in [2.45, 2.75) is 26.2 Å². The Morgan fingerprint density at radius 2 is 2.00 bits per heavy atom. The summed E-state index contributed by atoms with van der Waals surface area (Å²) in [6, 6.07) is 7.07. The van der Waals surface area contributed by atoms with Crippen LogP contribution in [0.5, 0.6) is 0 Å². The predicted octanol–water partition coefficient (Wildman–Crippen LogP) is 2.15. The molecule has 0 saturated carbocycles. The number of aromatic nitrogens is 2. The number of hydrogen-bond acceptors (Lipinski definition) is 3. The second-order valence-corrected chi connectivity index (χ2v) is 5.37. The van der Waals surface area contributed by atoms with E-state index in [1.165, 1.54) is 0 Å². The molecule has 2 aromatic rings. The summed E-state index contributed by atoms with van der Waals surface area (Å²) in [5.74, 6) is -0.547. The van der Waals surface area contributed by atoms with Crippen LogP contribution in [0, 0.1) is 0 Å². The number of benzene rings is 1. The van der Waals surface area contributed by atoms with Gasteiger partial charge in [-0.25, -0.2) is 4.79 Å². The highest BCUT2D eigenvalue weighted by molar-refractivity contribution is 6.08. The molecule has 0 aliphatic carbocycles. The summed E-state index contributed by atoms with van der Waals surface area (Å²) in [6.07, 6.45) is 2.39. The average molecular weight is 298 g/mol. The minimum absolute atomic E-state index is 0.0551. The molecule has 22 heavy (non-hydrogen) atoms. The number of hydrogen-bond donors (Lipinski definition) is 2. The fraction of sp³-hybridized carbons (Fsp3) is 0.235. The Kier molecular flexibility index (Phi) is 4.56. The van der Waals surface area contributed by atoms with Gasteiger partial charge in [0.25, 0.3) is 5.56 Å². The van der Waals surface area contributed by atoms with E-state index in [9.17, 15) is 14.4 Å². The molecule has 0 aliphatic heterocycles. The SMILES string of the molecule is C=CCc1cccc(C(=O)c2[nH]c(=O)[nH]c(=O)c2C(C)C)c1. The normalized spacial score (nSPS) is 10.7. The van der Waals surface area contributed by atoms with Crippen LogP contribution in [0.4, 0.5) is 0 Å². The smallest absolute Gasteiger partial charge is 0.304 e. The summed E-state index contributed by atoms with van der Waals surface area (Å²) in [7, 11) is 0. The first-order valence-corrected chi connectivity index (χ1v) is 7.05. The third-order valence-corrected chi connectivity index (χ3v) is 3.35. The number of H-pyrrole nitrogens is 2. The zero-order chi connectivity index (χ0) is 16.3. The van der Waals surface area contributed by atoms with Gasteiger partial charge in [0.1, 0.15) is 0 Å².